The highest BCUT2D eigenvalue weighted by atomic mass is 14.9. The molecule has 0 saturated heterocycles. The standard InChI is InChI=1S/C28H26N2/c1-5-17-7-13-25-23(15-17)21-11-9-20-19(27(21)29(25)3)10-12-22-24-16-18(6-2)8-14-26(24)30(4)28(20)22/h7-16H,5-6H2,1-4H3. The van der Waals surface area contributed by atoms with Gasteiger partial charge >= 0.3 is 0 Å². The topological polar surface area (TPSA) is 9.86 Å². The van der Waals surface area contributed by atoms with E-state index in [1.54, 1.807) is 0 Å². The molecule has 0 aliphatic heterocycles. The second kappa shape index (κ2) is 6.12. The van der Waals surface area contributed by atoms with Gasteiger partial charge in [-0.15, -0.1) is 0 Å². The SMILES string of the molecule is CCc1ccc2c(c1)c1ccc3c(ccc4c5cc(CC)ccc5n(C)c43)c1n2C. The Hall–Kier alpha value is -3.26. The summed E-state index contributed by atoms with van der Waals surface area (Å²) >= 11 is 0. The van der Waals surface area contributed by atoms with Gasteiger partial charge in [-0.25, -0.2) is 0 Å². The average Bonchev–Trinajstić information content (AvgIpc) is 3.24. The third kappa shape index (κ3) is 2.14. The third-order valence-corrected chi connectivity index (χ3v) is 7.06. The Labute approximate surface area is 176 Å². The van der Waals surface area contributed by atoms with Crippen molar-refractivity contribution in [2.45, 2.75) is 26.7 Å². The molecule has 0 bridgehead atoms. The molecule has 0 fully saturated rings. The molecule has 30 heavy (non-hydrogen) atoms. The Bertz CT molecular complexity index is 1500. The van der Waals surface area contributed by atoms with Gasteiger partial charge in [0, 0.05) is 57.4 Å². The van der Waals surface area contributed by atoms with Crippen molar-refractivity contribution in [3.05, 3.63) is 71.8 Å². The van der Waals surface area contributed by atoms with Crippen LogP contribution in [0.2, 0.25) is 0 Å². The average molecular weight is 391 g/mol. The van der Waals surface area contributed by atoms with Crippen molar-refractivity contribution in [3.63, 3.8) is 0 Å². The second-order valence-corrected chi connectivity index (χ2v) is 8.55. The normalized spacial score (nSPS) is 12.3. The van der Waals surface area contributed by atoms with E-state index in [0.29, 0.717) is 0 Å². The molecule has 6 aromatic rings. The number of hydrogen-bond acceptors (Lipinski definition) is 0. The van der Waals surface area contributed by atoms with Crippen LogP contribution < -0.4 is 0 Å². The Morgan fingerprint density at radius 1 is 0.500 bits per heavy atom. The Morgan fingerprint density at radius 2 is 0.867 bits per heavy atom. The molecule has 0 unspecified atom stereocenters. The molecule has 0 aliphatic carbocycles. The van der Waals surface area contributed by atoms with E-state index in [4.69, 9.17) is 0 Å². The van der Waals surface area contributed by atoms with Crippen LogP contribution >= 0.6 is 0 Å². The number of fused-ring (bicyclic) bond motifs is 9. The zero-order chi connectivity index (χ0) is 20.6. The number of hydrogen-bond donors (Lipinski definition) is 0. The monoisotopic (exact) mass is 390 g/mol. The molecule has 0 N–H and O–H groups in total. The minimum Gasteiger partial charge on any atom is -0.343 e. The van der Waals surface area contributed by atoms with Gasteiger partial charge in [0.25, 0.3) is 0 Å². The molecule has 6 rings (SSSR count). The molecule has 0 saturated carbocycles. The molecule has 0 radical (unpaired) electrons. The van der Waals surface area contributed by atoms with E-state index >= 15 is 0 Å². The summed E-state index contributed by atoms with van der Waals surface area (Å²) in [5, 5.41) is 8.08. The summed E-state index contributed by atoms with van der Waals surface area (Å²) < 4.78 is 4.74. The second-order valence-electron chi connectivity index (χ2n) is 8.55. The van der Waals surface area contributed by atoms with Crippen molar-refractivity contribution in [2.24, 2.45) is 14.1 Å². The van der Waals surface area contributed by atoms with Crippen molar-refractivity contribution in [2.75, 3.05) is 0 Å². The van der Waals surface area contributed by atoms with Crippen molar-refractivity contribution in [1.29, 1.82) is 0 Å². The molecular weight excluding hydrogens is 364 g/mol. The molecule has 0 amide bonds. The van der Waals surface area contributed by atoms with Crippen molar-refractivity contribution < 1.29 is 0 Å². The molecule has 0 spiro atoms. The molecule has 2 aromatic heterocycles. The van der Waals surface area contributed by atoms with Crippen LogP contribution in [0.5, 0.6) is 0 Å². The number of rotatable bonds is 2. The fourth-order valence-electron chi connectivity index (χ4n) is 5.39. The first-order valence-corrected chi connectivity index (χ1v) is 11.0. The van der Waals surface area contributed by atoms with Crippen LogP contribution in [-0.2, 0) is 26.9 Å². The molecule has 0 atom stereocenters. The lowest BCUT2D eigenvalue weighted by Crippen LogP contribution is -1.91. The van der Waals surface area contributed by atoms with E-state index in [0.717, 1.165) is 12.8 Å². The van der Waals surface area contributed by atoms with E-state index < -0.39 is 0 Å². The van der Waals surface area contributed by atoms with E-state index in [1.165, 1.54) is 65.5 Å². The Kier molecular flexibility index (Phi) is 3.59. The highest BCUT2D eigenvalue weighted by Gasteiger charge is 2.16. The zero-order valence-corrected chi connectivity index (χ0v) is 18.1. The lowest BCUT2D eigenvalue weighted by Gasteiger charge is -2.07. The summed E-state index contributed by atoms with van der Waals surface area (Å²) in [6.07, 6.45) is 2.13. The smallest absolute Gasteiger partial charge is 0.0569 e. The maximum absolute atomic E-state index is 2.37. The van der Waals surface area contributed by atoms with Gasteiger partial charge < -0.3 is 9.13 Å². The summed E-state index contributed by atoms with van der Waals surface area (Å²) in [5.74, 6) is 0. The fraction of sp³-hybridized carbons (Fsp3) is 0.214. The maximum Gasteiger partial charge on any atom is 0.0569 e. The summed E-state index contributed by atoms with van der Waals surface area (Å²) in [7, 11) is 4.41. The zero-order valence-electron chi connectivity index (χ0n) is 18.1. The lowest BCUT2D eigenvalue weighted by atomic mass is 10.0. The minimum atomic E-state index is 1.07. The van der Waals surface area contributed by atoms with Gasteiger partial charge in [-0.1, -0.05) is 50.2 Å². The largest absolute Gasteiger partial charge is 0.343 e. The van der Waals surface area contributed by atoms with Gasteiger partial charge in [0.15, 0.2) is 0 Å². The number of benzene rings is 4. The van der Waals surface area contributed by atoms with Crippen LogP contribution in [0.4, 0.5) is 0 Å². The van der Waals surface area contributed by atoms with Crippen molar-refractivity contribution >= 4 is 54.4 Å². The van der Waals surface area contributed by atoms with Gasteiger partial charge in [-0.2, -0.15) is 0 Å². The highest BCUT2D eigenvalue weighted by Crippen LogP contribution is 2.39. The molecule has 4 aromatic carbocycles. The van der Waals surface area contributed by atoms with E-state index in [-0.39, 0.29) is 0 Å². The van der Waals surface area contributed by atoms with Gasteiger partial charge in [0.1, 0.15) is 0 Å². The summed E-state index contributed by atoms with van der Waals surface area (Å²) in [6.45, 7) is 4.45. The van der Waals surface area contributed by atoms with E-state index in [1.807, 2.05) is 0 Å². The van der Waals surface area contributed by atoms with Crippen LogP contribution in [0.3, 0.4) is 0 Å². The first-order chi connectivity index (χ1) is 14.6. The minimum absolute atomic E-state index is 1.07. The summed E-state index contributed by atoms with van der Waals surface area (Å²) in [6, 6.07) is 23.1. The Morgan fingerprint density at radius 3 is 1.23 bits per heavy atom. The van der Waals surface area contributed by atoms with Crippen molar-refractivity contribution in [1.82, 2.24) is 9.13 Å². The van der Waals surface area contributed by atoms with Gasteiger partial charge in [-0.05, 0) is 48.2 Å². The summed E-state index contributed by atoms with van der Waals surface area (Å²) in [4.78, 5) is 0. The molecule has 148 valence electrons. The first kappa shape index (κ1) is 17.6. The Balaban J connectivity index is 1.80. The predicted octanol–water partition coefficient (Wildman–Crippen LogP) is 7.25. The van der Waals surface area contributed by atoms with Crippen LogP contribution in [0.15, 0.2) is 60.7 Å². The quantitative estimate of drug-likeness (QED) is 0.294. The predicted molar refractivity (Wildman–Crippen MR) is 131 cm³/mol. The van der Waals surface area contributed by atoms with E-state index in [2.05, 4.69) is 97.7 Å². The van der Waals surface area contributed by atoms with Crippen LogP contribution in [0, 0.1) is 0 Å². The number of aromatic nitrogens is 2. The summed E-state index contributed by atoms with van der Waals surface area (Å²) in [5.41, 5.74) is 8.06. The van der Waals surface area contributed by atoms with Gasteiger partial charge in [0.2, 0.25) is 0 Å². The van der Waals surface area contributed by atoms with Gasteiger partial charge in [-0.3, -0.25) is 0 Å². The lowest BCUT2D eigenvalue weighted by molar-refractivity contribution is 1.01. The molecular formula is C28H26N2. The first-order valence-electron chi connectivity index (χ1n) is 11.0. The number of nitrogens with zero attached hydrogens (tertiary/aromatic N) is 2. The number of aryl methyl sites for hydroxylation is 4. The third-order valence-electron chi connectivity index (χ3n) is 7.06. The molecule has 0 aliphatic rings. The maximum atomic E-state index is 2.37. The highest BCUT2D eigenvalue weighted by molar-refractivity contribution is 6.25. The molecule has 2 heterocycles. The van der Waals surface area contributed by atoms with Gasteiger partial charge in [0.05, 0.1) is 11.0 Å². The van der Waals surface area contributed by atoms with Crippen LogP contribution in [0.1, 0.15) is 25.0 Å². The molecule has 2 nitrogen and oxygen atoms in total. The van der Waals surface area contributed by atoms with E-state index in [9.17, 15) is 0 Å². The van der Waals surface area contributed by atoms with Crippen LogP contribution in [-0.4, -0.2) is 9.13 Å². The molecule has 2 heteroatoms. The fourth-order valence-corrected chi connectivity index (χ4v) is 5.39. The van der Waals surface area contributed by atoms with Crippen molar-refractivity contribution in [3.8, 4) is 0 Å². The van der Waals surface area contributed by atoms with Crippen LogP contribution in [0.25, 0.3) is 54.4 Å².